The molecule has 0 bridgehead atoms. The van der Waals surface area contributed by atoms with E-state index in [2.05, 4.69) is 29.0 Å². The molecule has 3 rings (SSSR count). The van der Waals surface area contributed by atoms with Crippen LogP contribution in [0.2, 0.25) is 0 Å². The van der Waals surface area contributed by atoms with Crippen molar-refractivity contribution < 1.29 is 4.79 Å². The van der Waals surface area contributed by atoms with Crippen LogP contribution in [0.25, 0.3) is 0 Å². The normalized spacial score (nSPS) is 19.7. The lowest BCUT2D eigenvalue weighted by Gasteiger charge is -2.34. The Morgan fingerprint density at radius 3 is 2.40 bits per heavy atom. The molecular formula is C20H32N4O. The first-order valence-corrected chi connectivity index (χ1v) is 9.80. The number of likely N-dealkylation sites (tertiary alicyclic amines) is 2. The molecule has 5 heteroatoms. The van der Waals surface area contributed by atoms with Crippen molar-refractivity contribution in [1.29, 1.82) is 0 Å². The van der Waals surface area contributed by atoms with E-state index in [-0.39, 0.29) is 11.4 Å². The summed E-state index contributed by atoms with van der Waals surface area (Å²) < 4.78 is 0. The summed E-state index contributed by atoms with van der Waals surface area (Å²) in [6.45, 7) is 9.46. The summed E-state index contributed by atoms with van der Waals surface area (Å²) in [6, 6.07) is 3.76. The van der Waals surface area contributed by atoms with E-state index >= 15 is 0 Å². The maximum absolute atomic E-state index is 12.8. The highest BCUT2D eigenvalue weighted by Gasteiger charge is 2.27. The van der Waals surface area contributed by atoms with Crippen molar-refractivity contribution in [3.8, 4) is 0 Å². The molecule has 5 nitrogen and oxygen atoms in total. The van der Waals surface area contributed by atoms with Crippen molar-refractivity contribution >= 4 is 11.7 Å². The zero-order chi connectivity index (χ0) is 17.7. The van der Waals surface area contributed by atoms with Gasteiger partial charge in [0.25, 0.3) is 5.91 Å². The van der Waals surface area contributed by atoms with E-state index in [0.717, 1.165) is 38.3 Å². The van der Waals surface area contributed by atoms with Gasteiger partial charge in [-0.05, 0) is 64.8 Å². The van der Waals surface area contributed by atoms with Gasteiger partial charge < -0.3 is 15.1 Å². The van der Waals surface area contributed by atoms with E-state index in [1.807, 2.05) is 17.0 Å². The fourth-order valence-electron chi connectivity index (χ4n) is 3.98. The second-order valence-corrected chi connectivity index (χ2v) is 8.10. The van der Waals surface area contributed by atoms with Crippen molar-refractivity contribution in [2.45, 2.75) is 57.9 Å². The Balaban J connectivity index is 1.69. The Morgan fingerprint density at radius 2 is 1.72 bits per heavy atom. The molecular weight excluding hydrogens is 312 g/mol. The monoisotopic (exact) mass is 344 g/mol. The van der Waals surface area contributed by atoms with Crippen LogP contribution >= 0.6 is 0 Å². The molecule has 0 unspecified atom stereocenters. The molecule has 0 radical (unpaired) electrons. The van der Waals surface area contributed by atoms with E-state index in [0.29, 0.717) is 5.56 Å². The highest BCUT2D eigenvalue weighted by atomic mass is 16.2. The average molecular weight is 345 g/mol. The van der Waals surface area contributed by atoms with E-state index < -0.39 is 0 Å². The van der Waals surface area contributed by atoms with Crippen molar-refractivity contribution in [1.82, 2.24) is 14.8 Å². The Labute approximate surface area is 151 Å². The average Bonchev–Trinajstić information content (AvgIpc) is 3.00. The van der Waals surface area contributed by atoms with E-state index in [1.54, 1.807) is 6.20 Å². The summed E-state index contributed by atoms with van der Waals surface area (Å²) in [7, 11) is 0. The summed E-state index contributed by atoms with van der Waals surface area (Å²) >= 11 is 0. The summed E-state index contributed by atoms with van der Waals surface area (Å²) in [4.78, 5) is 21.8. The minimum Gasteiger partial charge on any atom is -0.363 e. The number of carbonyl (C=O) groups excluding carboxylic acids is 1. The third kappa shape index (κ3) is 4.94. The summed E-state index contributed by atoms with van der Waals surface area (Å²) in [6.07, 6.45) is 9.25. The fraction of sp³-hybridized carbons (Fsp3) is 0.700. The van der Waals surface area contributed by atoms with Crippen LogP contribution in [0.3, 0.4) is 0 Å². The van der Waals surface area contributed by atoms with Gasteiger partial charge in [0.2, 0.25) is 0 Å². The quantitative estimate of drug-likeness (QED) is 0.889. The van der Waals surface area contributed by atoms with E-state index in [4.69, 9.17) is 0 Å². The molecule has 25 heavy (non-hydrogen) atoms. The Morgan fingerprint density at radius 1 is 1.08 bits per heavy atom. The van der Waals surface area contributed by atoms with Crippen LogP contribution in [0, 0.1) is 0 Å². The first kappa shape index (κ1) is 18.2. The molecule has 0 saturated carbocycles. The van der Waals surface area contributed by atoms with Gasteiger partial charge in [-0.1, -0.05) is 12.8 Å². The van der Waals surface area contributed by atoms with Gasteiger partial charge in [0.05, 0.1) is 5.56 Å². The predicted molar refractivity (Wildman–Crippen MR) is 102 cm³/mol. The highest BCUT2D eigenvalue weighted by molar-refractivity contribution is 5.98. The molecule has 1 N–H and O–H groups in total. The summed E-state index contributed by atoms with van der Waals surface area (Å²) in [5.41, 5.74) is 0.576. The lowest BCUT2D eigenvalue weighted by Crippen LogP contribution is -2.45. The predicted octanol–water partition coefficient (Wildman–Crippen LogP) is 3.38. The lowest BCUT2D eigenvalue weighted by molar-refractivity contribution is 0.0793. The van der Waals surface area contributed by atoms with Gasteiger partial charge in [-0.2, -0.15) is 0 Å². The molecule has 1 amide bonds. The molecule has 2 aliphatic rings. The lowest BCUT2D eigenvalue weighted by atomic mass is 10.0. The molecule has 0 spiro atoms. The smallest absolute Gasteiger partial charge is 0.257 e. The maximum Gasteiger partial charge on any atom is 0.257 e. The van der Waals surface area contributed by atoms with Crippen molar-refractivity contribution in [2.75, 3.05) is 38.0 Å². The van der Waals surface area contributed by atoms with E-state index in [9.17, 15) is 4.79 Å². The maximum atomic E-state index is 12.8. The number of nitrogens with one attached hydrogen (secondary N) is 1. The molecule has 2 aliphatic heterocycles. The van der Waals surface area contributed by atoms with Crippen LogP contribution in [0.5, 0.6) is 0 Å². The zero-order valence-electron chi connectivity index (χ0n) is 15.8. The molecule has 138 valence electrons. The molecule has 2 saturated heterocycles. The van der Waals surface area contributed by atoms with Crippen LogP contribution in [0.4, 0.5) is 5.82 Å². The van der Waals surface area contributed by atoms with Gasteiger partial charge in [-0.25, -0.2) is 4.98 Å². The van der Waals surface area contributed by atoms with Gasteiger partial charge in [0.1, 0.15) is 5.82 Å². The zero-order valence-corrected chi connectivity index (χ0v) is 15.8. The molecule has 2 fully saturated rings. The molecule has 0 aliphatic carbocycles. The highest BCUT2D eigenvalue weighted by Crippen LogP contribution is 2.22. The number of hydrogen-bond donors (Lipinski definition) is 1. The molecule has 1 aromatic heterocycles. The Hall–Kier alpha value is -1.62. The first-order valence-electron chi connectivity index (χ1n) is 9.80. The first-order chi connectivity index (χ1) is 12.1. The third-order valence-electron chi connectivity index (χ3n) is 5.21. The number of anilines is 1. The third-order valence-corrected chi connectivity index (χ3v) is 5.21. The SMILES string of the molecule is CC(C)(CN1CCCCCC1)Nc1ncccc1C(=O)N1CCCC1. The van der Waals surface area contributed by atoms with Crippen LogP contribution < -0.4 is 5.32 Å². The van der Waals surface area contributed by atoms with Gasteiger partial charge in [-0.15, -0.1) is 0 Å². The largest absolute Gasteiger partial charge is 0.363 e. The van der Waals surface area contributed by atoms with Crippen LogP contribution in [-0.2, 0) is 0 Å². The number of hydrogen-bond acceptors (Lipinski definition) is 4. The van der Waals surface area contributed by atoms with Crippen LogP contribution in [0.1, 0.15) is 62.7 Å². The van der Waals surface area contributed by atoms with E-state index in [1.165, 1.54) is 38.8 Å². The summed E-state index contributed by atoms with van der Waals surface area (Å²) in [5.74, 6) is 0.831. The Bertz CT molecular complexity index is 573. The van der Waals surface area contributed by atoms with Gasteiger partial charge in [-0.3, -0.25) is 4.79 Å². The number of amides is 1. The molecule has 1 aromatic rings. The fourth-order valence-corrected chi connectivity index (χ4v) is 3.98. The van der Waals surface area contributed by atoms with Gasteiger partial charge in [0.15, 0.2) is 0 Å². The minimum absolute atomic E-state index is 0.110. The van der Waals surface area contributed by atoms with Crippen molar-refractivity contribution in [3.63, 3.8) is 0 Å². The number of rotatable bonds is 5. The number of pyridine rings is 1. The van der Waals surface area contributed by atoms with Crippen molar-refractivity contribution in [3.05, 3.63) is 23.9 Å². The number of nitrogens with zero attached hydrogens (tertiary/aromatic N) is 3. The Kier molecular flexibility index (Phi) is 5.94. The topological polar surface area (TPSA) is 48.5 Å². The standard InChI is InChI=1S/C20H32N4O/c1-20(2,16-23-12-5-3-4-6-13-23)22-18-17(10-9-11-21-18)19(25)24-14-7-8-15-24/h9-11H,3-8,12-16H2,1-2H3,(H,21,22). The summed E-state index contributed by atoms with van der Waals surface area (Å²) in [5, 5.41) is 3.56. The second-order valence-electron chi connectivity index (χ2n) is 8.10. The number of aromatic nitrogens is 1. The number of carbonyl (C=O) groups is 1. The second kappa shape index (κ2) is 8.17. The van der Waals surface area contributed by atoms with Crippen molar-refractivity contribution in [2.24, 2.45) is 0 Å². The van der Waals surface area contributed by atoms with Crippen LogP contribution in [0.15, 0.2) is 18.3 Å². The molecule has 3 heterocycles. The van der Waals surface area contributed by atoms with Gasteiger partial charge >= 0.3 is 0 Å². The van der Waals surface area contributed by atoms with Gasteiger partial charge in [0, 0.05) is 31.4 Å². The molecule has 0 atom stereocenters. The molecule has 0 aromatic carbocycles. The minimum atomic E-state index is -0.126. The van der Waals surface area contributed by atoms with Crippen LogP contribution in [-0.4, -0.2) is 59.0 Å².